The molecule has 0 aliphatic rings. The highest BCUT2D eigenvalue weighted by atomic mass is 19.1. The van der Waals surface area contributed by atoms with Gasteiger partial charge < -0.3 is 5.32 Å². The number of nitrogens with one attached hydrogen (secondary N) is 1. The molecule has 0 aliphatic carbocycles. The van der Waals surface area contributed by atoms with Crippen LogP contribution in [-0.2, 0) is 0 Å². The lowest BCUT2D eigenvalue weighted by Gasteiger charge is -2.15. The van der Waals surface area contributed by atoms with Crippen molar-refractivity contribution in [3.05, 3.63) is 59.7 Å². The molecule has 90 valence electrons. The van der Waals surface area contributed by atoms with E-state index < -0.39 is 5.82 Å². The summed E-state index contributed by atoms with van der Waals surface area (Å²) in [7, 11) is 0. The van der Waals surface area contributed by atoms with Gasteiger partial charge in [-0.25, -0.2) is 4.39 Å². The van der Waals surface area contributed by atoms with Crippen molar-refractivity contribution in [2.45, 2.75) is 13.0 Å². The van der Waals surface area contributed by atoms with E-state index in [9.17, 15) is 4.39 Å². The van der Waals surface area contributed by atoms with Crippen LogP contribution in [0.1, 0.15) is 24.1 Å². The van der Waals surface area contributed by atoms with E-state index in [0.29, 0.717) is 5.69 Å². The van der Waals surface area contributed by atoms with Crippen molar-refractivity contribution in [3.63, 3.8) is 0 Å². The van der Waals surface area contributed by atoms with E-state index in [1.54, 1.807) is 24.5 Å². The first-order valence-electron chi connectivity index (χ1n) is 5.57. The molecule has 0 radical (unpaired) electrons. The summed E-state index contributed by atoms with van der Waals surface area (Å²) in [6.45, 7) is 1.97. The molecule has 0 saturated heterocycles. The van der Waals surface area contributed by atoms with E-state index in [1.807, 2.05) is 19.1 Å². The van der Waals surface area contributed by atoms with Crippen LogP contribution in [0.2, 0.25) is 0 Å². The summed E-state index contributed by atoms with van der Waals surface area (Å²) in [5.41, 5.74) is 1.71. The Morgan fingerprint density at radius 2 is 2.22 bits per heavy atom. The Kier molecular flexibility index (Phi) is 3.54. The number of halogens is 1. The number of rotatable bonds is 3. The Labute approximate surface area is 105 Å². The van der Waals surface area contributed by atoms with Gasteiger partial charge in [0.15, 0.2) is 0 Å². The topological polar surface area (TPSA) is 48.7 Å². The van der Waals surface area contributed by atoms with E-state index >= 15 is 0 Å². The SMILES string of the molecule is CC(Nc1ccc(C#N)c(F)c1)c1cccnc1. The molecule has 1 unspecified atom stereocenters. The first-order chi connectivity index (χ1) is 8.70. The molecule has 1 aromatic heterocycles. The normalized spacial score (nSPS) is 11.6. The van der Waals surface area contributed by atoms with Gasteiger partial charge in [0.2, 0.25) is 0 Å². The minimum absolute atomic E-state index is 0.0195. The molecule has 1 heterocycles. The minimum Gasteiger partial charge on any atom is -0.378 e. The zero-order valence-electron chi connectivity index (χ0n) is 9.89. The lowest BCUT2D eigenvalue weighted by atomic mass is 10.1. The Bertz CT molecular complexity index is 575. The summed E-state index contributed by atoms with van der Waals surface area (Å²) in [6, 6.07) is 10.1. The van der Waals surface area contributed by atoms with Crippen molar-refractivity contribution >= 4 is 5.69 Å². The van der Waals surface area contributed by atoms with Crippen LogP contribution in [0.25, 0.3) is 0 Å². The minimum atomic E-state index is -0.513. The van der Waals surface area contributed by atoms with Gasteiger partial charge in [-0.3, -0.25) is 4.98 Å². The molecular weight excluding hydrogens is 229 g/mol. The monoisotopic (exact) mass is 241 g/mol. The largest absolute Gasteiger partial charge is 0.378 e. The molecule has 18 heavy (non-hydrogen) atoms. The Morgan fingerprint density at radius 1 is 1.39 bits per heavy atom. The van der Waals surface area contributed by atoms with Crippen LogP contribution < -0.4 is 5.32 Å². The second kappa shape index (κ2) is 5.28. The standard InChI is InChI=1S/C14H12FN3/c1-10(12-3-2-6-17-9-12)18-13-5-4-11(8-16)14(15)7-13/h2-7,9-10,18H,1H3. The molecule has 0 spiro atoms. The maximum atomic E-state index is 13.4. The quantitative estimate of drug-likeness (QED) is 0.897. The van der Waals surface area contributed by atoms with Crippen LogP contribution in [0, 0.1) is 17.1 Å². The summed E-state index contributed by atoms with van der Waals surface area (Å²) in [5, 5.41) is 11.8. The van der Waals surface area contributed by atoms with Gasteiger partial charge in [0.05, 0.1) is 11.6 Å². The van der Waals surface area contributed by atoms with Gasteiger partial charge in [-0.2, -0.15) is 5.26 Å². The maximum absolute atomic E-state index is 13.4. The van der Waals surface area contributed by atoms with Crippen LogP contribution in [0.4, 0.5) is 10.1 Å². The van der Waals surface area contributed by atoms with Crippen LogP contribution in [0.3, 0.4) is 0 Å². The molecule has 1 aromatic carbocycles. The number of anilines is 1. The molecule has 0 fully saturated rings. The van der Waals surface area contributed by atoms with E-state index in [0.717, 1.165) is 5.56 Å². The van der Waals surface area contributed by atoms with Crippen molar-refractivity contribution in [1.82, 2.24) is 4.98 Å². The Hall–Kier alpha value is -2.41. The average molecular weight is 241 g/mol. The summed E-state index contributed by atoms with van der Waals surface area (Å²) in [6.07, 6.45) is 3.47. The molecule has 2 rings (SSSR count). The highest BCUT2D eigenvalue weighted by Crippen LogP contribution is 2.20. The molecule has 0 amide bonds. The average Bonchev–Trinajstić information content (AvgIpc) is 2.40. The first kappa shape index (κ1) is 12.1. The predicted molar refractivity (Wildman–Crippen MR) is 67.4 cm³/mol. The van der Waals surface area contributed by atoms with Crippen LogP contribution in [0.5, 0.6) is 0 Å². The smallest absolute Gasteiger partial charge is 0.143 e. The summed E-state index contributed by atoms with van der Waals surface area (Å²) >= 11 is 0. The molecule has 0 saturated carbocycles. The van der Waals surface area contributed by atoms with Crippen molar-refractivity contribution < 1.29 is 4.39 Å². The van der Waals surface area contributed by atoms with Crippen molar-refractivity contribution in [2.24, 2.45) is 0 Å². The number of benzene rings is 1. The van der Waals surface area contributed by atoms with Gasteiger partial charge >= 0.3 is 0 Å². The summed E-state index contributed by atoms with van der Waals surface area (Å²) in [5.74, 6) is -0.513. The summed E-state index contributed by atoms with van der Waals surface area (Å²) in [4.78, 5) is 4.04. The van der Waals surface area contributed by atoms with E-state index in [2.05, 4.69) is 10.3 Å². The van der Waals surface area contributed by atoms with Crippen LogP contribution in [-0.4, -0.2) is 4.98 Å². The number of nitrogens with zero attached hydrogens (tertiary/aromatic N) is 2. The molecule has 3 nitrogen and oxygen atoms in total. The number of hydrogen-bond acceptors (Lipinski definition) is 3. The number of hydrogen-bond donors (Lipinski definition) is 1. The summed E-state index contributed by atoms with van der Waals surface area (Å²) < 4.78 is 13.4. The number of nitriles is 1. The fourth-order valence-corrected chi connectivity index (χ4v) is 1.66. The van der Waals surface area contributed by atoms with Crippen molar-refractivity contribution in [3.8, 4) is 6.07 Å². The number of pyridine rings is 1. The zero-order chi connectivity index (χ0) is 13.0. The van der Waals surface area contributed by atoms with Crippen LogP contribution in [0.15, 0.2) is 42.7 Å². The fraction of sp³-hybridized carbons (Fsp3) is 0.143. The molecule has 1 N–H and O–H groups in total. The van der Waals surface area contributed by atoms with Crippen molar-refractivity contribution in [1.29, 1.82) is 5.26 Å². The molecule has 1 atom stereocenters. The highest BCUT2D eigenvalue weighted by molar-refractivity contribution is 5.49. The zero-order valence-corrected chi connectivity index (χ0v) is 9.89. The highest BCUT2D eigenvalue weighted by Gasteiger charge is 2.07. The van der Waals surface area contributed by atoms with Gasteiger partial charge in [0, 0.05) is 18.1 Å². The second-order valence-corrected chi connectivity index (χ2v) is 3.96. The molecule has 0 aliphatic heterocycles. The third kappa shape index (κ3) is 2.64. The number of aromatic nitrogens is 1. The fourth-order valence-electron chi connectivity index (χ4n) is 1.66. The third-order valence-electron chi connectivity index (χ3n) is 2.66. The lowest BCUT2D eigenvalue weighted by Crippen LogP contribution is -2.07. The second-order valence-electron chi connectivity index (χ2n) is 3.96. The van der Waals surface area contributed by atoms with Gasteiger partial charge in [0.1, 0.15) is 11.9 Å². The van der Waals surface area contributed by atoms with Gasteiger partial charge in [0.25, 0.3) is 0 Å². The predicted octanol–water partition coefficient (Wildman–Crippen LogP) is 3.27. The van der Waals surface area contributed by atoms with Gasteiger partial charge in [-0.05, 0) is 36.8 Å². The molecule has 4 heteroatoms. The molecule has 2 aromatic rings. The first-order valence-corrected chi connectivity index (χ1v) is 5.57. The van der Waals surface area contributed by atoms with Crippen molar-refractivity contribution in [2.75, 3.05) is 5.32 Å². The van der Waals surface area contributed by atoms with E-state index in [4.69, 9.17) is 5.26 Å². The van der Waals surface area contributed by atoms with E-state index in [-0.39, 0.29) is 11.6 Å². The van der Waals surface area contributed by atoms with E-state index in [1.165, 1.54) is 12.1 Å². The lowest BCUT2D eigenvalue weighted by molar-refractivity contribution is 0.624. The van der Waals surface area contributed by atoms with Crippen LogP contribution >= 0.6 is 0 Å². The molecular formula is C14H12FN3. The Morgan fingerprint density at radius 3 is 2.83 bits per heavy atom. The molecule has 0 bridgehead atoms. The van der Waals surface area contributed by atoms with Gasteiger partial charge in [-0.15, -0.1) is 0 Å². The Balaban J connectivity index is 2.15. The maximum Gasteiger partial charge on any atom is 0.143 e. The third-order valence-corrected chi connectivity index (χ3v) is 2.66. The van der Waals surface area contributed by atoms with Gasteiger partial charge in [-0.1, -0.05) is 6.07 Å².